The van der Waals surface area contributed by atoms with Crippen LogP contribution in [-0.2, 0) is 33.9 Å². The highest BCUT2D eigenvalue weighted by molar-refractivity contribution is 7.91. The molecule has 1 saturated carbocycles. The van der Waals surface area contributed by atoms with Gasteiger partial charge in [0.15, 0.2) is 0 Å². The lowest BCUT2D eigenvalue weighted by atomic mass is 9.98. The van der Waals surface area contributed by atoms with Crippen LogP contribution in [-0.4, -0.2) is 108 Å². The summed E-state index contributed by atoms with van der Waals surface area (Å²) >= 11 is 0. The highest BCUT2D eigenvalue weighted by Crippen LogP contribution is 2.31. The van der Waals surface area contributed by atoms with Gasteiger partial charge in [-0.05, 0) is 74.6 Å². The number of nitrogens with zero attached hydrogens (tertiary/aromatic N) is 3. The lowest BCUT2D eigenvalue weighted by molar-refractivity contribution is -0.142. The number of sulfonamides is 1. The number of nitrogens with one attached hydrogen (secondary N) is 3. The first-order valence-corrected chi connectivity index (χ1v) is 19.3. The number of alkyl carbamates (subject to hydrolysis) is 1. The highest BCUT2D eigenvalue weighted by atomic mass is 32.2. The number of benzene rings is 1. The summed E-state index contributed by atoms with van der Waals surface area (Å²) in [6.07, 6.45) is 10.6. The minimum Gasteiger partial charge on any atom is -0.472 e. The molecule has 4 atom stereocenters. The zero-order valence-corrected chi connectivity index (χ0v) is 30.3. The Morgan fingerprint density at radius 2 is 1.89 bits per heavy atom. The number of carbonyl (C=O) groups excluding carboxylic acids is 5. The molecule has 4 aliphatic rings. The standard InChI is InChI=1S/C37H44N6O9S/c1-3-31(44)42-18-8-5-7-16-37(2,35(47)41-53(49,50)27-13-14-27)40-32(45)30-21-26-22-43(30)34(46)29(23-42)39-36(48)51-19-9-4-6-10-24-11-12-25-15-17-38-33(52-26)28(25)20-24/h3,6-7,10-12,15-17,20,26-27,29-30H,1,4-5,8-9,13-14,18-19,21-23H2,2H3,(H,39,48)(H,40,45)(H,41,47)/b10-6+,16-7-/t26-,29+,30+,37-/m1/s1. The summed E-state index contributed by atoms with van der Waals surface area (Å²) in [4.78, 5) is 75.7. The predicted molar refractivity (Wildman–Crippen MR) is 195 cm³/mol. The number of hydrogen-bond acceptors (Lipinski definition) is 10. The minimum atomic E-state index is -3.97. The van der Waals surface area contributed by atoms with Crippen molar-refractivity contribution in [2.24, 2.45) is 0 Å². The molecule has 1 aromatic carbocycles. The monoisotopic (exact) mass is 748 g/mol. The van der Waals surface area contributed by atoms with Gasteiger partial charge in [-0.25, -0.2) is 18.2 Å². The normalized spacial score (nSPS) is 27.3. The van der Waals surface area contributed by atoms with Crippen LogP contribution in [0.4, 0.5) is 4.79 Å². The molecule has 15 nitrogen and oxygen atoms in total. The number of fused-ring (bicyclic) bond motifs is 3. The van der Waals surface area contributed by atoms with Gasteiger partial charge in [0.2, 0.25) is 33.6 Å². The summed E-state index contributed by atoms with van der Waals surface area (Å²) in [5.74, 6) is -2.60. The smallest absolute Gasteiger partial charge is 0.407 e. The van der Waals surface area contributed by atoms with Crippen LogP contribution in [0.25, 0.3) is 16.8 Å². The molecule has 5 amide bonds. The van der Waals surface area contributed by atoms with Gasteiger partial charge in [-0.15, -0.1) is 0 Å². The number of amides is 5. The van der Waals surface area contributed by atoms with Gasteiger partial charge >= 0.3 is 6.09 Å². The summed E-state index contributed by atoms with van der Waals surface area (Å²) in [5.41, 5.74) is -0.953. The molecule has 0 spiro atoms. The predicted octanol–water partition coefficient (Wildman–Crippen LogP) is 2.33. The van der Waals surface area contributed by atoms with Crippen molar-refractivity contribution in [1.82, 2.24) is 30.1 Å². The number of cyclic esters (lactones) is 1. The van der Waals surface area contributed by atoms with Gasteiger partial charge in [0, 0.05) is 24.5 Å². The van der Waals surface area contributed by atoms with E-state index in [9.17, 15) is 32.4 Å². The molecule has 2 aromatic rings. The third kappa shape index (κ3) is 8.87. The van der Waals surface area contributed by atoms with Crippen LogP contribution in [0.2, 0.25) is 0 Å². The molecular weight excluding hydrogens is 705 g/mol. The number of ether oxygens (including phenoxy) is 2. The lowest BCUT2D eigenvalue weighted by Crippen LogP contribution is -2.62. The Kier molecular flexibility index (Phi) is 11.2. The van der Waals surface area contributed by atoms with Crippen LogP contribution in [0, 0.1) is 0 Å². The summed E-state index contributed by atoms with van der Waals surface area (Å²) in [7, 11) is -3.97. The molecule has 1 saturated heterocycles. The Bertz CT molecular complexity index is 1960. The summed E-state index contributed by atoms with van der Waals surface area (Å²) in [5, 5.41) is 6.22. The maximum Gasteiger partial charge on any atom is 0.407 e. The number of aromatic nitrogens is 1. The summed E-state index contributed by atoms with van der Waals surface area (Å²) < 4.78 is 39.5. The Morgan fingerprint density at radius 1 is 1.09 bits per heavy atom. The minimum absolute atomic E-state index is 0.0382. The molecule has 1 aliphatic carbocycles. The Balaban J connectivity index is 1.40. The number of hydrogen-bond donors (Lipinski definition) is 3. The van der Waals surface area contributed by atoms with E-state index in [-0.39, 0.29) is 32.7 Å². The molecule has 0 radical (unpaired) electrons. The zero-order valence-electron chi connectivity index (χ0n) is 29.5. The van der Waals surface area contributed by atoms with E-state index in [0.29, 0.717) is 44.4 Å². The first kappa shape index (κ1) is 37.5. The zero-order chi connectivity index (χ0) is 37.8. The van der Waals surface area contributed by atoms with Gasteiger partial charge in [-0.3, -0.25) is 23.9 Å². The number of rotatable bonds is 4. The van der Waals surface area contributed by atoms with Crippen molar-refractivity contribution < 1.29 is 41.9 Å². The van der Waals surface area contributed by atoms with Gasteiger partial charge in [-0.2, -0.15) is 0 Å². The molecular formula is C37H44N6O9S. The lowest BCUT2D eigenvalue weighted by Gasteiger charge is -2.33. The Hall–Kier alpha value is -5.25. The quantitative estimate of drug-likeness (QED) is 0.309. The highest BCUT2D eigenvalue weighted by Gasteiger charge is 2.47. The van der Waals surface area contributed by atoms with Gasteiger partial charge < -0.3 is 29.9 Å². The van der Waals surface area contributed by atoms with Crippen molar-refractivity contribution in [3.63, 3.8) is 0 Å². The second kappa shape index (κ2) is 15.8. The van der Waals surface area contributed by atoms with Crippen molar-refractivity contribution in [3.8, 4) is 5.88 Å². The molecule has 16 heteroatoms. The SMILES string of the molecule is C=CC(=O)N1CCC/C=C\[C@](C)(C(=O)NS(=O)(=O)C2CC2)NC(=O)[C@@H]2C[C@@H]3CN2C(=O)[C@H](C1)NC(=O)OCCC/C=C/c1ccc2ccnc(c2c1)O3. The molecule has 2 fully saturated rings. The molecule has 0 unspecified atom stereocenters. The molecule has 53 heavy (non-hydrogen) atoms. The fourth-order valence-electron chi connectivity index (χ4n) is 6.61. The van der Waals surface area contributed by atoms with Gasteiger partial charge in [0.05, 0.1) is 24.9 Å². The van der Waals surface area contributed by atoms with E-state index in [1.807, 2.05) is 36.4 Å². The average molecular weight is 749 g/mol. The fraction of sp³-hybridized carbons (Fsp3) is 0.459. The van der Waals surface area contributed by atoms with Crippen LogP contribution in [0.3, 0.4) is 0 Å². The van der Waals surface area contributed by atoms with Crippen LogP contribution in [0.1, 0.15) is 57.4 Å². The van der Waals surface area contributed by atoms with Gasteiger partial charge in [0.25, 0.3) is 5.91 Å². The van der Waals surface area contributed by atoms with E-state index < -0.39 is 68.7 Å². The number of allylic oxidation sites excluding steroid dienone is 2. The van der Waals surface area contributed by atoms with Crippen molar-refractivity contribution in [2.45, 2.75) is 80.8 Å². The van der Waals surface area contributed by atoms with Gasteiger partial charge in [0.1, 0.15) is 23.7 Å². The van der Waals surface area contributed by atoms with Crippen molar-refractivity contribution in [3.05, 3.63) is 66.9 Å². The van der Waals surface area contributed by atoms with Crippen molar-refractivity contribution in [2.75, 3.05) is 26.2 Å². The first-order chi connectivity index (χ1) is 25.4. The maximum atomic E-state index is 14.6. The van der Waals surface area contributed by atoms with E-state index >= 15 is 0 Å². The van der Waals surface area contributed by atoms with E-state index in [1.165, 1.54) is 22.8 Å². The van der Waals surface area contributed by atoms with Crippen LogP contribution in [0.5, 0.6) is 5.88 Å². The molecule has 4 heterocycles. The van der Waals surface area contributed by atoms with Gasteiger partial charge in [-0.1, -0.05) is 43.0 Å². The molecule has 3 aliphatic heterocycles. The van der Waals surface area contributed by atoms with E-state index in [2.05, 4.69) is 26.9 Å². The molecule has 282 valence electrons. The van der Waals surface area contributed by atoms with Crippen LogP contribution < -0.4 is 20.1 Å². The molecule has 6 rings (SSSR count). The second-order valence-electron chi connectivity index (χ2n) is 13.9. The van der Waals surface area contributed by atoms with Crippen LogP contribution in [0.15, 0.2) is 61.3 Å². The second-order valence-corrected chi connectivity index (χ2v) is 15.8. The van der Waals surface area contributed by atoms with Crippen LogP contribution >= 0.6 is 0 Å². The fourth-order valence-corrected chi connectivity index (χ4v) is 8.01. The summed E-state index contributed by atoms with van der Waals surface area (Å²) in [6, 6.07) is 5.09. The number of pyridine rings is 1. The largest absolute Gasteiger partial charge is 0.472 e. The molecule has 3 N–H and O–H groups in total. The first-order valence-electron chi connectivity index (χ1n) is 17.8. The van der Waals surface area contributed by atoms with Crippen molar-refractivity contribution >= 4 is 56.6 Å². The molecule has 1 aromatic heterocycles. The third-order valence-corrected chi connectivity index (χ3v) is 11.5. The third-order valence-electron chi connectivity index (χ3n) is 9.72. The topological polar surface area (TPSA) is 193 Å². The number of carbonyl (C=O) groups is 5. The van der Waals surface area contributed by atoms with E-state index in [4.69, 9.17) is 9.47 Å². The van der Waals surface area contributed by atoms with E-state index in [0.717, 1.165) is 22.4 Å². The summed E-state index contributed by atoms with van der Waals surface area (Å²) in [6.45, 7) is 4.82. The maximum absolute atomic E-state index is 14.6. The average Bonchev–Trinajstić information content (AvgIpc) is 3.91. The Labute approximate surface area is 307 Å². The van der Waals surface area contributed by atoms with E-state index in [1.54, 1.807) is 12.3 Å². The molecule has 5 bridgehead atoms. The van der Waals surface area contributed by atoms with Crippen molar-refractivity contribution in [1.29, 1.82) is 0 Å². The Morgan fingerprint density at radius 3 is 2.66 bits per heavy atom.